The molecule has 1 aliphatic rings. The van der Waals surface area contributed by atoms with Gasteiger partial charge in [0, 0.05) is 6.08 Å². The zero-order valence-corrected chi connectivity index (χ0v) is 10.4. The van der Waals surface area contributed by atoms with E-state index in [2.05, 4.69) is 20.8 Å². The van der Waals surface area contributed by atoms with Gasteiger partial charge in [-0.1, -0.05) is 26.8 Å². The Morgan fingerprint density at radius 3 is 2.75 bits per heavy atom. The predicted octanol–water partition coefficient (Wildman–Crippen LogP) is 2.86. The van der Waals surface area contributed by atoms with Crippen molar-refractivity contribution in [1.82, 2.24) is 0 Å². The summed E-state index contributed by atoms with van der Waals surface area (Å²) in [5.74, 6) is -0.224. The van der Waals surface area contributed by atoms with Gasteiger partial charge in [-0.3, -0.25) is 0 Å². The zero-order chi connectivity index (χ0) is 12.2. The van der Waals surface area contributed by atoms with Crippen molar-refractivity contribution < 1.29 is 14.6 Å². The van der Waals surface area contributed by atoms with Gasteiger partial charge in [-0.2, -0.15) is 0 Å². The van der Waals surface area contributed by atoms with Gasteiger partial charge in [-0.15, -0.1) is 0 Å². The fraction of sp³-hybridized carbons (Fsp3) is 0.769. The Hall–Kier alpha value is -0.830. The van der Waals surface area contributed by atoms with Crippen molar-refractivity contribution in [1.29, 1.82) is 0 Å². The SMILES string of the molecule is CC1CC(OCC=CC(=O)O)CC(C)(C)C1. The zero-order valence-electron chi connectivity index (χ0n) is 10.4. The van der Waals surface area contributed by atoms with E-state index in [1.165, 1.54) is 6.42 Å². The Kier molecular flexibility index (Phi) is 4.54. The van der Waals surface area contributed by atoms with Crippen LogP contribution >= 0.6 is 0 Å². The van der Waals surface area contributed by atoms with Gasteiger partial charge in [0.1, 0.15) is 0 Å². The van der Waals surface area contributed by atoms with Gasteiger partial charge in [-0.25, -0.2) is 4.79 Å². The molecule has 1 rings (SSSR count). The summed E-state index contributed by atoms with van der Waals surface area (Å²) in [5.41, 5.74) is 0.346. The van der Waals surface area contributed by atoms with Crippen LogP contribution in [-0.4, -0.2) is 23.8 Å². The maximum Gasteiger partial charge on any atom is 0.328 e. The maximum atomic E-state index is 10.3. The molecule has 0 radical (unpaired) electrons. The van der Waals surface area contributed by atoms with Gasteiger partial charge in [0.15, 0.2) is 0 Å². The predicted molar refractivity (Wildman–Crippen MR) is 63.3 cm³/mol. The molecule has 1 aliphatic carbocycles. The molecule has 1 N–H and O–H groups in total. The average Bonchev–Trinajstić information content (AvgIpc) is 2.08. The molecule has 0 saturated heterocycles. The lowest BCUT2D eigenvalue weighted by molar-refractivity contribution is -0.131. The highest BCUT2D eigenvalue weighted by atomic mass is 16.5. The molecule has 3 heteroatoms. The summed E-state index contributed by atoms with van der Waals surface area (Å²) in [5, 5.41) is 8.43. The van der Waals surface area contributed by atoms with E-state index in [0.29, 0.717) is 17.9 Å². The molecule has 0 spiro atoms. The lowest BCUT2D eigenvalue weighted by Crippen LogP contribution is -2.32. The van der Waals surface area contributed by atoms with Crippen LogP contribution in [0.4, 0.5) is 0 Å². The summed E-state index contributed by atoms with van der Waals surface area (Å²) in [4.78, 5) is 10.3. The molecule has 0 aliphatic heterocycles. The Morgan fingerprint density at radius 2 is 2.19 bits per heavy atom. The van der Waals surface area contributed by atoms with Crippen LogP contribution in [0.1, 0.15) is 40.0 Å². The molecular weight excluding hydrogens is 204 g/mol. The van der Waals surface area contributed by atoms with E-state index in [1.54, 1.807) is 6.08 Å². The second kappa shape index (κ2) is 5.48. The van der Waals surface area contributed by atoms with Crippen molar-refractivity contribution in [3.63, 3.8) is 0 Å². The summed E-state index contributed by atoms with van der Waals surface area (Å²) in [6.45, 7) is 7.20. The standard InChI is InChI=1S/C13H22O3/c1-10-7-11(9-13(2,3)8-10)16-6-4-5-12(14)15/h4-5,10-11H,6-9H2,1-3H3,(H,14,15). The molecular formula is C13H22O3. The number of carboxylic acid groups (broad SMARTS) is 1. The number of rotatable bonds is 4. The Labute approximate surface area is 97.5 Å². The molecule has 2 atom stereocenters. The fourth-order valence-electron chi connectivity index (χ4n) is 2.73. The highest BCUT2D eigenvalue weighted by Gasteiger charge is 2.32. The third kappa shape index (κ3) is 4.79. The highest BCUT2D eigenvalue weighted by Crippen LogP contribution is 2.39. The van der Waals surface area contributed by atoms with E-state index in [4.69, 9.17) is 9.84 Å². The van der Waals surface area contributed by atoms with E-state index in [9.17, 15) is 4.79 Å². The first kappa shape index (κ1) is 13.2. The molecule has 0 aromatic rings. The molecule has 3 nitrogen and oxygen atoms in total. The molecule has 16 heavy (non-hydrogen) atoms. The van der Waals surface area contributed by atoms with Crippen molar-refractivity contribution in [3.05, 3.63) is 12.2 Å². The van der Waals surface area contributed by atoms with Crippen LogP contribution in [0.5, 0.6) is 0 Å². The van der Waals surface area contributed by atoms with Crippen LogP contribution in [-0.2, 0) is 9.53 Å². The number of aliphatic carboxylic acids is 1. The average molecular weight is 226 g/mol. The van der Waals surface area contributed by atoms with E-state index in [1.807, 2.05) is 0 Å². The third-order valence-electron chi connectivity index (χ3n) is 3.04. The van der Waals surface area contributed by atoms with Crippen molar-refractivity contribution in [2.45, 2.75) is 46.1 Å². The molecule has 2 unspecified atom stereocenters. The van der Waals surface area contributed by atoms with Crippen molar-refractivity contribution in [2.24, 2.45) is 11.3 Å². The van der Waals surface area contributed by atoms with Crippen LogP contribution in [0.15, 0.2) is 12.2 Å². The molecule has 0 amide bonds. The smallest absolute Gasteiger partial charge is 0.328 e. The van der Waals surface area contributed by atoms with Gasteiger partial charge in [0.2, 0.25) is 0 Å². The highest BCUT2D eigenvalue weighted by molar-refractivity contribution is 5.79. The number of hydrogen-bond donors (Lipinski definition) is 1. The van der Waals surface area contributed by atoms with Crippen molar-refractivity contribution in [2.75, 3.05) is 6.61 Å². The molecule has 1 fully saturated rings. The molecule has 1 saturated carbocycles. The molecule has 0 bridgehead atoms. The first-order valence-corrected chi connectivity index (χ1v) is 5.90. The summed E-state index contributed by atoms with van der Waals surface area (Å²) < 4.78 is 5.69. The summed E-state index contributed by atoms with van der Waals surface area (Å²) in [6.07, 6.45) is 6.38. The van der Waals surface area contributed by atoms with Gasteiger partial charge in [0.05, 0.1) is 12.7 Å². The monoisotopic (exact) mass is 226 g/mol. The van der Waals surface area contributed by atoms with Gasteiger partial charge in [0.25, 0.3) is 0 Å². The molecule has 92 valence electrons. The second-order valence-corrected chi connectivity index (χ2v) is 5.61. The lowest BCUT2D eigenvalue weighted by Gasteiger charge is -2.38. The minimum atomic E-state index is -0.916. The number of hydrogen-bond acceptors (Lipinski definition) is 2. The van der Waals surface area contributed by atoms with Crippen LogP contribution < -0.4 is 0 Å². The quantitative estimate of drug-likeness (QED) is 0.750. The van der Waals surface area contributed by atoms with Crippen LogP contribution in [0.2, 0.25) is 0 Å². The largest absolute Gasteiger partial charge is 0.478 e. The number of ether oxygens (including phenoxy) is 1. The first-order chi connectivity index (χ1) is 7.39. The van der Waals surface area contributed by atoms with Gasteiger partial charge in [-0.05, 0) is 30.6 Å². The number of carboxylic acids is 1. The topological polar surface area (TPSA) is 46.5 Å². The lowest BCUT2D eigenvalue weighted by atomic mass is 9.71. The third-order valence-corrected chi connectivity index (χ3v) is 3.04. The van der Waals surface area contributed by atoms with E-state index in [0.717, 1.165) is 18.9 Å². The normalized spacial score (nSPS) is 29.4. The Balaban J connectivity index is 2.34. The van der Waals surface area contributed by atoms with Crippen LogP contribution in [0.3, 0.4) is 0 Å². The van der Waals surface area contributed by atoms with Gasteiger partial charge >= 0.3 is 5.97 Å². The maximum absolute atomic E-state index is 10.3. The summed E-state index contributed by atoms with van der Waals surface area (Å²) in [7, 11) is 0. The van der Waals surface area contributed by atoms with Crippen LogP contribution in [0, 0.1) is 11.3 Å². The summed E-state index contributed by atoms with van der Waals surface area (Å²) >= 11 is 0. The Bertz CT molecular complexity index is 268. The van der Waals surface area contributed by atoms with Crippen molar-refractivity contribution in [3.8, 4) is 0 Å². The first-order valence-electron chi connectivity index (χ1n) is 5.90. The summed E-state index contributed by atoms with van der Waals surface area (Å²) in [6, 6.07) is 0. The van der Waals surface area contributed by atoms with E-state index < -0.39 is 5.97 Å². The van der Waals surface area contributed by atoms with E-state index >= 15 is 0 Å². The minimum Gasteiger partial charge on any atom is -0.478 e. The van der Waals surface area contributed by atoms with Gasteiger partial charge < -0.3 is 9.84 Å². The Morgan fingerprint density at radius 1 is 1.50 bits per heavy atom. The number of carbonyl (C=O) groups is 1. The van der Waals surface area contributed by atoms with Crippen LogP contribution in [0.25, 0.3) is 0 Å². The minimum absolute atomic E-state index is 0.275. The second-order valence-electron chi connectivity index (χ2n) is 5.61. The molecule has 0 heterocycles. The molecule has 0 aromatic heterocycles. The van der Waals surface area contributed by atoms with Crippen molar-refractivity contribution >= 4 is 5.97 Å². The molecule has 0 aromatic carbocycles. The fourth-order valence-corrected chi connectivity index (χ4v) is 2.73. The van der Waals surface area contributed by atoms with E-state index in [-0.39, 0.29) is 6.10 Å².